The van der Waals surface area contributed by atoms with Gasteiger partial charge in [-0.2, -0.15) is 0 Å². The van der Waals surface area contributed by atoms with Crippen molar-refractivity contribution >= 4 is 0 Å². The van der Waals surface area contributed by atoms with Crippen molar-refractivity contribution in [1.29, 1.82) is 0 Å². The third kappa shape index (κ3) is 3.30. The van der Waals surface area contributed by atoms with Gasteiger partial charge in [0.1, 0.15) is 0 Å². The second-order valence-corrected chi connectivity index (χ2v) is 3.77. The van der Waals surface area contributed by atoms with E-state index >= 15 is 0 Å². The summed E-state index contributed by atoms with van der Waals surface area (Å²) in [6.45, 7) is 11.0. The highest BCUT2D eigenvalue weighted by Gasteiger charge is 2.20. The van der Waals surface area contributed by atoms with E-state index < -0.39 is 0 Å². The molecule has 12 heavy (non-hydrogen) atoms. The molecule has 0 amide bonds. The topological polar surface area (TPSA) is 0 Å². The predicted octanol–water partition coefficient (Wildman–Crippen LogP) is 3.86. The van der Waals surface area contributed by atoms with Gasteiger partial charge in [0, 0.05) is 11.3 Å². The predicted molar refractivity (Wildman–Crippen MR) is 55.9 cm³/mol. The fourth-order valence-corrected chi connectivity index (χ4v) is 1.31. The molecule has 0 nitrogen and oxygen atoms in total. The van der Waals surface area contributed by atoms with Crippen LogP contribution in [0, 0.1) is 23.2 Å². The van der Waals surface area contributed by atoms with Gasteiger partial charge in [0.15, 0.2) is 0 Å². The Labute approximate surface area is 77.8 Å². The molecule has 0 heteroatoms. The fraction of sp³-hybridized carbons (Fsp3) is 0.833. The van der Waals surface area contributed by atoms with Crippen molar-refractivity contribution in [3.63, 3.8) is 0 Å². The molecular formula is C12H22. The van der Waals surface area contributed by atoms with Crippen LogP contribution in [0.4, 0.5) is 0 Å². The first-order chi connectivity index (χ1) is 5.60. The molecule has 0 radical (unpaired) electrons. The van der Waals surface area contributed by atoms with Gasteiger partial charge in [0.25, 0.3) is 0 Å². The molecule has 0 atom stereocenters. The minimum atomic E-state index is 0.296. The summed E-state index contributed by atoms with van der Waals surface area (Å²) < 4.78 is 0. The Morgan fingerprint density at radius 1 is 1.00 bits per heavy atom. The molecule has 0 saturated heterocycles. The quantitative estimate of drug-likeness (QED) is 0.558. The van der Waals surface area contributed by atoms with E-state index in [2.05, 4.69) is 46.5 Å². The summed E-state index contributed by atoms with van der Waals surface area (Å²) in [5, 5.41) is 0. The van der Waals surface area contributed by atoms with Crippen LogP contribution in [0.1, 0.15) is 53.9 Å². The highest BCUT2D eigenvalue weighted by Crippen LogP contribution is 2.29. The first-order valence-corrected chi connectivity index (χ1v) is 5.13. The molecule has 0 spiro atoms. The Bertz CT molecular complexity index is 154. The van der Waals surface area contributed by atoms with Gasteiger partial charge in [-0.3, -0.25) is 0 Å². The lowest BCUT2D eigenvalue weighted by atomic mass is 9.80. The summed E-state index contributed by atoms with van der Waals surface area (Å²) in [7, 11) is 0. The Kier molecular flexibility index (Phi) is 5.06. The monoisotopic (exact) mass is 166 g/mol. The molecule has 70 valence electrons. The molecule has 0 aromatic carbocycles. The van der Waals surface area contributed by atoms with Crippen molar-refractivity contribution in [2.24, 2.45) is 11.3 Å². The summed E-state index contributed by atoms with van der Waals surface area (Å²) >= 11 is 0. The Morgan fingerprint density at radius 2 is 1.42 bits per heavy atom. The zero-order valence-electron chi connectivity index (χ0n) is 9.20. The average Bonchev–Trinajstić information content (AvgIpc) is 2.08. The van der Waals surface area contributed by atoms with Crippen LogP contribution >= 0.6 is 0 Å². The SMILES string of the molecule is CCC(C#CC(C)C)(CC)CC. The highest BCUT2D eigenvalue weighted by molar-refractivity contribution is 5.12. The van der Waals surface area contributed by atoms with Crippen molar-refractivity contribution in [3.05, 3.63) is 0 Å². The molecule has 0 heterocycles. The Hall–Kier alpha value is -0.440. The molecular weight excluding hydrogens is 144 g/mol. The molecule has 0 aromatic heterocycles. The van der Waals surface area contributed by atoms with Crippen molar-refractivity contribution in [2.45, 2.75) is 53.9 Å². The highest BCUT2D eigenvalue weighted by atomic mass is 14.2. The van der Waals surface area contributed by atoms with Crippen LogP contribution in [0.5, 0.6) is 0 Å². The molecule has 0 aromatic rings. The van der Waals surface area contributed by atoms with Crippen LogP contribution in [0.15, 0.2) is 0 Å². The van der Waals surface area contributed by atoms with E-state index in [1.807, 2.05) is 0 Å². The molecule has 0 aliphatic carbocycles. The van der Waals surface area contributed by atoms with E-state index in [-0.39, 0.29) is 0 Å². The first-order valence-electron chi connectivity index (χ1n) is 5.13. The van der Waals surface area contributed by atoms with Gasteiger partial charge in [-0.05, 0) is 19.3 Å². The third-order valence-electron chi connectivity index (χ3n) is 2.66. The number of rotatable bonds is 3. The van der Waals surface area contributed by atoms with E-state index in [1.54, 1.807) is 0 Å². The van der Waals surface area contributed by atoms with Crippen LogP contribution in [-0.2, 0) is 0 Å². The second-order valence-electron chi connectivity index (χ2n) is 3.77. The van der Waals surface area contributed by atoms with Crippen LogP contribution < -0.4 is 0 Å². The molecule has 0 bridgehead atoms. The van der Waals surface area contributed by atoms with Gasteiger partial charge >= 0.3 is 0 Å². The van der Waals surface area contributed by atoms with Crippen molar-refractivity contribution in [3.8, 4) is 11.8 Å². The maximum absolute atomic E-state index is 3.43. The largest absolute Gasteiger partial charge is 0.0999 e. The van der Waals surface area contributed by atoms with E-state index in [4.69, 9.17) is 0 Å². The maximum atomic E-state index is 3.43. The van der Waals surface area contributed by atoms with Crippen molar-refractivity contribution in [1.82, 2.24) is 0 Å². The van der Waals surface area contributed by atoms with E-state index in [0.29, 0.717) is 11.3 Å². The van der Waals surface area contributed by atoms with Gasteiger partial charge in [0.2, 0.25) is 0 Å². The van der Waals surface area contributed by atoms with Gasteiger partial charge < -0.3 is 0 Å². The maximum Gasteiger partial charge on any atom is 0.0307 e. The zero-order chi connectivity index (χ0) is 9.61. The summed E-state index contributed by atoms with van der Waals surface area (Å²) in [6, 6.07) is 0. The molecule has 0 unspecified atom stereocenters. The molecule has 0 rings (SSSR count). The number of hydrogen-bond donors (Lipinski definition) is 0. The molecule has 0 N–H and O–H groups in total. The van der Waals surface area contributed by atoms with Crippen molar-refractivity contribution in [2.75, 3.05) is 0 Å². The van der Waals surface area contributed by atoms with Crippen LogP contribution in [-0.4, -0.2) is 0 Å². The molecule has 0 fully saturated rings. The van der Waals surface area contributed by atoms with E-state index in [1.165, 1.54) is 19.3 Å². The van der Waals surface area contributed by atoms with Gasteiger partial charge in [-0.1, -0.05) is 46.5 Å². The lowest BCUT2D eigenvalue weighted by Crippen LogP contribution is -2.14. The van der Waals surface area contributed by atoms with Crippen LogP contribution in [0.25, 0.3) is 0 Å². The van der Waals surface area contributed by atoms with Crippen LogP contribution in [0.3, 0.4) is 0 Å². The molecule has 0 aliphatic rings. The van der Waals surface area contributed by atoms with Gasteiger partial charge in [0.05, 0.1) is 0 Å². The van der Waals surface area contributed by atoms with Crippen LogP contribution in [0.2, 0.25) is 0 Å². The van der Waals surface area contributed by atoms with E-state index in [0.717, 1.165) is 0 Å². The lowest BCUT2D eigenvalue weighted by molar-refractivity contribution is 0.357. The zero-order valence-corrected chi connectivity index (χ0v) is 9.20. The second kappa shape index (κ2) is 5.25. The summed E-state index contributed by atoms with van der Waals surface area (Å²) in [5.41, 5.74) is 0.296. The standard InChI is InChI=1S/C12H22/c1-6-12(7-2,8-3)10-9-11(4)5/h11H,6-8H2,1-5H3. The summed E-state index contributed by atoms with van der Waals surface area (Å²) in [5.74, 6) is 7.23. The normalized spacial score (nSPS) is 11.2. The van der Waals surface area contributed by atoms with Gasteiger partial charge in [-0.15, -0.1) is 0 Å². The minimum Gasteiger partial charge on any atom is -0.0999 e. The Balaban J connectivity index is 4.43. The summed E-state index contributed by atoms with van der Waals surface area (Å²) in [6.07, 6.45) is 3.54. The summed E-state index contributed by atoms with van der Waals surface area (Å²) in [4.78, 5) is 0. The number of hydrogen-bond acceptors (Lipinski definition) is 0. The third-order valence-corrected chi connectivity index (χ3v) is 2.66. The smallest absolute Gasteiger partial charge is 0.0307 e. The molecule has 0 saturated carbocycles. The van der Waals surface area contributed by atoms with Crippen molar-refractivity contribution < 1.29 is 0 Å². The minimum absolute atomic E-state index is 0.296. The first kappa shape index (κ1) is 11.6. The fourth-order valence-electron chi connectivity index (χ4n) is 1.31. The van der Waals surface area contributed by atoms with Gasteiger partial charge in [-0.25, -0.2) is 0 Å². The lowest BCUT2D eigenvalue weighted by Gasteiger charge is -2.23. The van der Waals surface area contributed by atoms with E-state index in [9.17, 15) is 0 Å². The molecule has 0 aliphatic heterocycles. The Morgan fingerprint density at radius 3 is 1.67 bits per heavy atom. The average molecular weight is 166 g/mol.